The predicted molar refractivity (Wildman–Crippen MR) is 78.1 cm³/mol. The van der Waals surface area contributed by atoms with Crippen LogP contribution in [0.4, 0.5) is 0 Å². The number of carboxylic acids is 1. The topological polar surface area (TPSA) is 54.4 Å². The van der Waals surface area contributed by atoms with Crippen molar-refractivity contribution in [1.29, 1.82) is 0 Å². The lowest BCUT2D eigenvalue weighted by Crippen LogP contribution is -2.08. The summed E-state index contributed by atoms with van der Waals surface area (Å²) >= 11 is 1.12. The fourth-order valence-corrected chi connectivity index (χ4v) is 2.96. The van der Waals surface area contributed by atoms with Crippen LogP contribution in [-0.4, -0.2) is 16.9 Å². The van der Waals surface area contributed by atoms with E-state index in [-0.39, 0.29) is 10.7 Å². The van der Waals surface area contributed by atoms with Gasteiger partial charge in [0.2, 0.25) is 0 Å². The standard InChI is InChI=1S/C15H22O3S/c1-3-5-6-11(4-2)7-8-13(16)12-9-10-19-14(12)15(17)18/h9-11H,3-8H2,1-2H3,(H,17,18). The van der Waals surface area contributed by atoms with Crippen molar-refractivity contribution in [2.75, 3.05) is 0 Å². The summed E-state index contributed by atoms with van der Waals surface area (Å²) in [5.74, 6) is -0.458. The largest absolute Gasteiger partial charge is 0.477 e. The van der Waals surface area contributed by atoms with Crippen molar-refractivity contribution in [3.05, 3.63) is 21.9 Å². The van der Waals surface area contributed by atoms with Gasteiger partial charge in [-0.1, -0.05) is 39.5 Å². The molecule has 0 bridgehead atoms. The van der Waals surface area contributed by atoms with Crippen LogP contribution in [0.15, 0.2) is 11.4 Å². The number of aromatic carboxylic acids is 1. The molecule has 3 nitrogen and oxygen atoms in total. The molecule has 0 saturated carbocycles. The number of rotatable bonds is 9. The van der Waals surface area contributed by atoms with Gasteiger partial charge in [0, 0.05) is 12.0 Å². The molecule has 0 radical (unpaired) electrons. The van der Waals surface area contributed by atoms with Crippen LogP contribution in [0.2, 0.25) is 0 Å². The van der Waals surface area contributed by atoms with E-state index in [1.807, 2.05) is 0 Å². The molecule has 19 heavy (non-hydrogen) atoms. The van der Waals surface area contributed by atoms with Crippen molar-refractivity contribution in [1.82, 2.24) is 0 Å². The summed E-state index contributed by atoms with van der Waals surface area (Å²) in [7, 11) is 0. The fourth-order valence-electron chi connectivity index (χ4n) is 2.21. The maximum Gasteiger partial charge on any atom is 0.346 e. The van der Waals surface area contributed by atoms with Gasteiger partial charge in [0.05, 0.1) is 0 Å². The Balaban J connectivity index is 2.54. The third-order valence-electron chi connectivity index (χ3n) is 3.48. The predicted octanol–water partition coefficient (Wildman–Crippen LogP) is 4.63. The smallest absolute Gasteiger partial charge is 0.346 e. The van der Waals surface area contributed by atoms with E-state index in [0.717, 1.165) is 30.6 Å². The number of thiophene rings is 1. The molecular weight excluding hydrogens is 260 g/mol. The lowest BCUT2D eigenvalue weighted by Gasteiger charge is -2.13. The Labute approximate surface area is 118 Å². The summed E-state index contributed by atoms with van der Waals surface area (Å²) in [5, 5.41) is 10.7. The lowest BCUT2D eigenvalue weighted by atomic mass is 9.92. The summed E-state index contributed by atoms with van der Waals surface area (Å²) in [6, 6.07) is 1.63. The summed E-state index contributed by atoms with van der Waals surface area (Å²) in [6.45, 7) is 4.32. The molecule has 1 atom stereocenters. The van der Waals surface area contributed by atoms with Gasteiger partial charge in [-0.3, -0.25) is 4.79 Å². The first-order chi connectivity index (χ1) is 9.10. The van der Waals surface area contributed by atoms with Crippen LogP contribution >= 0.6 is 11.3 Å². The first kappa shape index (κ1) is 15.9. The minimum absolute atomic E-state index is 0.0337. The monoisotopic (exact) mass is 282 g/mol. The molecule has 1 heterocycles. The van der Waals surface area contributed by atoms with Gasteiger partial charge in [0.1, 0.15) is 4.88 Å². The molecule has 0 saturated heterocycles. The van der Waals surface area contributed by atoms with Gasteiger partial charge in [-0.15, -0.1) is 11.3 Å². The van der Waals surface area contributed by atoms with Crippen LogP contribution in [0.3, 0.4) is 0 Å². The van der Waals surface area contributed by atoms with E-state index in [9.17, 15) is 9.59 Å². The third kappa shape index (κ3) is 4.78. The number of carbonyl (C=O) groups excluding carboxylic acids is 1. The third-order valence-corrected chi connectivity index (χ3v) is 4.39. The number of carboxylic acid groups (broad SMARTS) is 1. The Morgan fingerprint density at radius 1 is 1.32 bits per heavy atom. The zero-order chi connectivity index (χ0) is 14.3. The Kier molecular flexibility index (Phi) is 6.78. The molecule has 1 rings (SSSR count). The second kappa shape index (κ2) is 8.10. The Morgan fingerprint density at radius 3 is 2.63 bits per heavy atom. The molecule has 4 heteroatoms. The van der Waals surface area contributed by atoms with Crippen LogP contribution in [0.1, 0.15) is 72.4 Å². The molecule has 1 aromatic rings. The van der Waals surface area contributed by atoms with Crippen LogP contribution in [0.25, 0.3) is 0 Å². The molecule has 0 amide bonds. The van der Waals surface area contributed by atoms with E-state index in [2.05, 4.69) is 13.8 Å². The van der Waals surface area contributed by atoms with Crippen LogP contribution in [-0.2, 0) is 0 Å². The van der Waals surface area contributed by atoms with E-state index in [1.165, 1.54) is 12.8 Å². The minimum Gasteiger partial charge on any atom is -0.477 e. The second-order valence-electron chi connectivity index (χ2n) is 4.85. The van der Waals surface area contributed by atoms with E-state index >= 15 is 0 Å². The number of hydrogen-bond acceptors (Lipinski definition) is 3. The summed E-state index contributed by atoms with van der Waals surface area (Å²) in [5.41, 5.74) is 0.378. The quantitative estimate of drug-likeness (QED) is 0.672. The molecule has 1 unspecified atom stereocenters. The van der Waals surface area contributed by atoms with Gasteiger partial charge in [-0.25, -0.2) is 4.79 Å². The molecule has 0 aromatic carbocycles. The number of unbranched alkanes of at least 4 members (excludes halogenated alkanes) is 1. The molecule has 1 N–H and O–H groups in total. The fraction of sp³-hybridized carbons (Fsp3) is 0.600. The highest BCUT2D eigenvalue weighted by atomic mass is 32.1. The van der Waals surface area contributed by atoms with Crippen molar-refractivity contribution in [2.45, 2.75) is 52.4 Å². The van der Waals surface area contributed by atoms with Crippen molar-refractivity contribution < 1.29 is 14.7 Å². The average Bonchev–Trinajstić information content (AvgIpc) is 2.88. The maximum absolute atomic E-state index is 12.1. The van der Waals surface area contributed by atoms with Crippen LogP contribution < -0.4 is 0 Å². The lowest BCUT2D eigenvalue weighted by molar-refractivity contribution is 0.0697. The normalized spacial score (nSPS) is 12.3. The zero-order valence-corrected chi connectivity index (χ0v) is 12.5. The summed E-state index contributed by atoms with van der Waals surface area (Å²) < 4.78 is 0. The first-order valence-electron chi connectivity index (χ1n) is 6.94. The van der Waals surface area contributed by atoms with Gasteiger partial charge in [-0.05, 0) is 23.8 Å². The number of carbonyl (C=O) groups is 2. The second-order valence-corrected chi connectivity index (χ2v) is 5.76. The van der Waals surface area contributed by atoms with E-state index in [4.69, 9.17) is 5.11 Å². The average molecular weight is 282 g/mol. The summed E-state index contributed by atoms with van der Waals surface area (Å²) in [4.78, 5) is 23.2. The van der Waals surface area contributed by atoms with Crippen molar-refractivity contribution in [2.24, 2.45) is 5.92 Å². The molecule has 0 aliphatic rings. The Hall–Kier alpha value is -1.16. The van der Waals surface area contributed by atoms with Crippen LogP contribution in [0, 0.1) is 5.92 Å². The molecular formula is C15H22O3S. The highest BCUT2D eigenvalue weighted by Gasteiger charge is 2.18. The molecule has 0 spiro atoms. The highest BCUT2D eigenvalue weighted by molar-refractivity contribution is 7.12. The molecule has 0 aliphatic heterocycles. The number of ketones is 1. The van der Waals surface area contributed by atoms with Gasteiger partial charge in [0.25, 0.3) is 0 Å². The maximum atomic E-state index is 12.1. The van der Waals surface area contributed by atoms with Crippen molar-refractivity contribution in [3.63, 3.8) is 0 Å². The Bertz CT molecular complexity index is 423. The number of Topliss-reactive ketones (excluding diaryl/α,β-unsaturated/α-hetero) is 1. The zero-order valence-electron chi connectivity index (χ0n) is 11.6. The number of hydrogen-bond donors (Lipinski definition) is 1. The molecule has 1 aromatic heterocycles. The molecule has 0 aliphatic carbocycles. The first-order valence-corrected chi connectivity index (χ1v) is 7.82. The van der Waals surface area contributed by atoms with Crippen molar-refractivity contribution in [3.8, 4) is 0 Å². The van der Waals surface area contributed by atoms with E-state index < -0.39 is 5.97 Å². The van der Waals surface area contributed by atoms with Crippen molar-refractivity contribution >= 4 is 23.1 Å². The molecule has 0 fully saturated rings. The van der Waals surface area contributed by atoms with Gasteiger partial charge < -0.3 is 5.11 Å². The van der Waals surface area contributed by atoms with Crippen LogP contribution in [0.5, 0.6) is 0 Å². The SMILES string of the molecule is CCCCC(CC)CCC(=O)c1ccsc1C(=O)O. The van der Waals surface area contributed by atoms with Gasteiger partial charge in [-0.2, -0.15) is 0 Å². The van der Waals surface area contributed by atoms with Gasteiger partial charge >= 0.3 is 5.97 Å². The Morgan fingerprint density at radius 2 is 2.05 bits per heavy atom. The minimum atomic E-state index is -1.00. The summed E-state index contributed by atoms with van der Waals surface area (Å²) in [6.07, 6.45) is 5.95. The van der Waals surface area contributed by atoms with Gasteiger partial charge in [0.15, 0.2) is 5.78 Å². The highest BCUT2D eigenvalue weighted by Crippen LogP contribution is 2.23. The van der Waals surface area contributed by atoms with E-state index in [0.29, 0.717) is 17.9 Å². The molecule has 106 valence electrons. The van der Waals surface area contributed by atoms with E-state index in [1.54, 1.807) is 11.4 Å².